The lowest BCUT2D eigenvalue weighted by Gasteiger charge is -2.37. The molecule has 0 radical (unpaired) electrons. The van der Waals surface area contributed by atoms with Crippen LogP contribution in [0.4, 0.5) is 5.95 Å². The van der Waals surface area contributed by atoms with Gasteiger partial charge in [-0.15, -0.1) is 0 Å². The molecular formula is C24H31N5O3. The van der Waals surface area contributed by atoms with Gasteiger partial charge in [-0.05, 0) is 25.3 Å². The number of hydroxylamine groups is 1. The normalized spacial score (nSPS) is 20.9. The van der Waals surface area contributed by atoms with E-state index in [0.717, 1.165) is 45.4 Å². The first-order valence-corrected chi connectivity index (χ1v) is 11.3. The first kappa shape index (κ1) is 22.4. The topological polar surface area (TPSA) is 79.8 Å². The summed E-state index contributed by atoms with van der Waals surface area (Å²) in [7, 11) is 0. The van der Waals surface area contributed by atoms with Crippen LogP contribution in [0.3, 0.4) is 0 Å². The van der Waals surface area contributed by atoms with E-state index < -0.39 is 0 Å². The van der Waals surface area contributed by atoms with Gasteiger partial charge in [-0.25, -0.2) is 20.3 Å². The van der Waals surface area contributed by atoms with E-state index in [9.17, 15) is 4.79 Å². The monoisotopic (exact) mass is 437 g/mol. The summed E-state index contributed by atoms with van der Waals surface area (Å²) in [6, 6.07) is 10.7. The van der Waals surface area contributed by atoms with Crippen molar-refractivity contribution in [3.05, 3.63) is 59.9 Å². The fourth-order valence-corrected chi connectivity index (χ4v) is 3.85. The van der Waals surface area contributed by atoms with Gasteiger partial charge in [0.2, 0.25) is 5.95 Å². The third-order valence-corrected chi connectivity index (χ3v) is 5.86. The third kappa shape index (κ3) is 6.12. The van der Waals surface area contributed by atoms with Crippen LogP contribution in [-0.4, -0.2) is 65.9 Å². The van der Waals surface area contributed by atoms with E-state index in [1.165, 1.54) is 5.56 Å². The average Bonchev–Trinajstić information content (AvgIpc) is 2.87. The molecule has 170 valence electrons. The maximum Gasteiger partial charge on any atom is 0.278 e. The lowest BCUT2D eigenvalue weighted by atomic mass is 10.1. The number of benzene rings is 1. The van der Waals surface area contributed by atoms with Gasteiger partial charge in [0.15, 0.2) is 6.29 Å². The molecule has 32 heavy (non-hydrogen) atoms. The molecule has 4 rings (SSSR count). The molecule has 2 atom stereocenters. The first-order chi connectivity index (χ1) is 15.7. The number of rotatable bonds is 7. The molecule has 2 saturated heterocycles. The van der Waals surface area contributed by atoms with Crippen LogP contribution < -0.4 is 10.4 Å². The number of amides is 1. The van der Waals surface area contributed by atoms with Gasteiger partial charge in [0.1, 0.15) is 0 Å². The second-order valence-corrected chi connectivity index (χ2v) is 8.15. The van der Waals surface area contributed by atoms with Crippen molar-refractivity contribution in [2.45, 2.75) is 38.5 Å². The summed E-state index contributed by atoms with van der Waals surface area (Å²) >= 11 is 0. The van der Waals surface area contributed by atoms with Crippen LogP contribution in [-0.2, 0) is 9.57 Å². The van der Waals surface area contributed by atoms with Gasteiger partial charge >= 0.3 is 0 Å². The third-order valence-electron chi connectivity index (χ3n) is 5.86. The summed E-state index contributed by atoms with van der Waals surface area (Å²) in [4.78, 5) is 31.0. The molecular weight excluding hydrogens is 406 g/mol. The van der Waals surface area contributed by atoms with Crippen molar-refractivity contribution in [3.8, 4) is 0 Å². The Balaban J connectivity index is 1.23. The minimum atomic E-state index is -0.380. The molecule has 8 heteroatoms. The van der Waals surface area contributed by atoms with Gasteiger partial charge in [-0.3, -0.25) is 9.69 Å². The molecule has 0 saturated carbocycles. The van der Waals surface area contributed by atoms with E-state index in [-0.39, 0.29) is 12.2 Å². The van der Waals surface area contributed by atoms with Gasteiger partial charge in [0.05, 0.1) is 5.56 Å². The standard InChI is InChI=1S/C24H31N5O3/c1-19(10-11-20-7-3-2-4-8-20)28-12-14-29(15-13-28)24-25-17-21(18-26-24)23(30)27-32-22-9-5-6-16-31-22/h2-4,7-8,10-11,17-19,22H,5-6,9,12-16H2,1H3,(H,27,30). The number of carbonyl (C=O) groups is 1. The summed E-state index contributed by atoms with van der Waals surface area (Å²) in [5, 5.41) is 0. The molecule has 3 heterocycles. The predicted molar refractivity (Wildman–Crippen MR) is 123 cm³/mol. The Morgan fingerprint density at radius 1 is 1.16 bits per heavy atom. The number of hydrogen-bond donors (Lipinski definition) is 1. The summed E-state index contributed by atoms with van der Waals surface area (Å²) in [6.45, 7) is 6.43. The number of carbonyl (C=O) groups excluding carboxylic acids is 1. The highest BCUT2D eigenvalue weighted by Gasteiger charge is 2.22. The smallest absolute Gasteiger partial charge is 0.278 e. The zero-order valence-electron chi connectivity index (χ0n) is 18.5. The minimum absolute atomic E-state index is 0.359. The van der Waals surface area contributed by atoms with E-state index in [4.69, 9.17) is 9.57 Å². The Morgan fingerprint density at radius 3 is 2.59 bits per heavy atom. The van der Waals surface area contributed by atoms with Crippen LogP contribution in [0.25, 0.3) is 6.08 Å². The van der Waals surface area contributed by atoms with Crippen molar-refractivity contribution < 1.29 is 14.4 Å². The van der Waals surface area contributed by atoms with Gasteiger partial charge in [0, 0.05) is 57.6 Å². The molecule has 1 N–H and O–H groups in total. The van der Waals surface area contributed by atoms with Crippen molar-refractivity contribution in [2.75, 3.05) is 37.7 Å². The maximum atomic E-state index is 12.3. The summed E-state index contributed by atoms with van der Waals surface area (Å²) in [5.41, 5.74) is 4.02. The summed E-state index contributed by atoms with van der Waals surface area (Å²) in [5.74, 6) is 0.278. The Kier molecular flexibility index (Phi) is 7.82. The van der Waals surface area contributed by atoms with Gasteiger partial charge in [0.25, 0.3) is 5.91 Å². The van der Waals surface area contributed by atoms with Crippen molar-refractivity contribution in [3.63, 3.8) is 0 Å². The second kappa shape index (κ2) is 11.2. The second-order valence-electron chi connectivity index (χ2n) is 8.15. The lowest BCUT2D eigenvalue weighted by molar-refractivity contribution is -0.186. The van der Waals surface area contributed by atoms with Crippen LogP contribution in [0.5, 0.6) is 0 Å². The van der Waals surface area contributed by atoms with E-state index >= 15 is 0 Å². The number of nitrogens with zero attached hydrogens (tertiary/aromatic N) is 4. The van der Waals surface area contributed by atoms with Crippen molar-refractivity contribution in [2.24, 2.45) is 0 Å². The Bertz CT molecular complexity index is 876. The fraction of sp³-hybridized carbons (Fsp3) is 0.458. The summed E-state index contributed by atoms with van der Waals surface area (Å²) < 4.78 is 5.44. The van der Waals surface area contributed by atoms with Crippen molar-refractivity contribution in [1.29, 1.82) is 0 Å². The highest BCUT2D eigenvalue weighted by molar-refractivity contribution is 5.92. The SMILES string of the molecule is CC(C=Cc1ccccc1)N1CCN(c2ncc(C(=O)NOC3CCCCO3)cn2)CC1. The van der Waals surface area contributed by atoms with Crippen LogP contribution in [0.1, 0.15) is 42.1 Å². The van der Waals surface area contributed by atoms with E-state index in [1.54, 1.807) is 12.4 Å². The highest BCUT2D eigenvalue weighted by Crippen LogP contribution is 2.15. The molecule has 8 nitrogen and oxygen atoms in total. The van der Waals surface area contributed by atoms with E-state index in [2.05, 4.69) is 68.6 Å². The van der Waals surface area contributed by atoms with E-state index in [0.29, 0.717) is 24.2 Å². The first-order valence-electron chi connectivity index (χ1n) is 11.3. The lowest BCUT2D eigenvalue weighted by Crippen LogP contribution is -2.49. The molecule has 1 aromatic carbocycles. The van der Waals surface area contributed by atoms with Gasteiger partial charge < -0.3 is 9.64 Å². The van der Waals surface area contributed by atoms with Crippen LogP contribution >= 0.6 is 0 Å². The number of aromatic nitrogens is 2. The largest absolute Gasteiger partial charge is 0.350 e. The van der Waals surface area contributed by atoms with Crippen LogP contribution in [0.15, 0.2) is 48.8 Å². The quantitative estimate of drug-likeness (QED) is 0.667. The molecule has 1 aromatic heterocycles. The van der Waals surface area contributed by atoms with Crippen LogP contribution in [0.2, 0.25) is 0 Å². The number of piperazine rings is 1. The number of hydrogen-bond acceptors (Lipinski definition) is 7. The summed E-state index contributed by atoms with van der Waals surface area (Å²) in [6.07, 6.45) is 9.97. The van der Waals surface area contributed by atoms with Crippen molar-refractivity contribution >= 4 is 17.9 Å². The fourth-order valence-electron chi connectivity index (χ4n) is 3.85. The Hall–Kier alpha value is -2.81. The van der Waals surface area contributed by atoms with Gasteiger partial charge in [-0.1, -0.05) is 42.5 Å². The molecule has 2 aromatic rings. The molecule has 0 bridgehead atoms. The zero-order chi connectivity index (χ0) is 22.2. The zero-order valence-corrected chi connectivity index (χ0v) is 18.5. The van der Waals surface area contributed by atoms with E-state index in [1.807, 2.05) is 6.07 Å². The van der Waals surface area contributed by atoms with Crippen molar-refractivity contribution in [1.82, 2.24) is 20.3 Å². The predicted octanol–water partition coefficient (Wildman–Crippen LogP) is 2.89. The van der Waals surface area contributed by atoms with Gasteiger partial charge in [-0.2, -0.15) is 0 Å². The average molecular weight is 438 g/mol. The molecule has 1 amide bonds. The molecule has 0 aliphatic carbocycles. The Morgan fingerprint density at radius 2 is 1.91 bits per heavy atom. The Labute approximate surface area is 189 Å². The van der Waals surface area contributed by atoms with Crippen LogP contribution in [0, 0.1) is 0 Å². The molecule has 2 aliphatic heterocycles. The maximum absolute atomic E-state index is 12.3. The molecule has 2 unspecified atom stereocenters. The number of nitrogens with one attached hydrogen (secondary N) is 1. The molecule has 2 aliphatic rings. The minimum Gasteiger partial charge on any atom is -0.350 e. The number of anilines is 1. The highest BCUT2D eigenvalue weighted by atomic mass is 16.8. The molecule has 0 spiro atoms. The number of ether oxygens (including phenoxy) is 1. The molecule has 2 fully saturated rings.